The number of amides is 1. The fourth-order valence-corrected chi connectivity index (χ4v) is 1.20. The highest BCUT2D eigenvalue weighted by molar-refractivity contribution is 5.88. The van der Waals surface area contributed by atoms with E-state index in [9.17, 15) is 20.1 Å². The van der Waals surface area contributed by atoms with E-state index in [0.29, 0.717) is 0 Å². The van der Waals surface area contributed by atoms with Crippen LogP contribution in [0.4, 0.5) is 16.2 Å². The number of benzene rings is 1. The maximum absolute atomic E-state index is 11.6. The van der Waals surface area contributed by atoms with E-state index in [1.807, 2.05) is 0 Å². The molecule has 0 aliphatic heterocycles. The summed E-state index contributed by atoms with van der Waals surface area (Å²) in [6, 6.07) is 5.34. The van der Waals surface area contributed by atoms with Crippen molar-refractivity contribution in [3.05, 3.63) is 34.4 Å². The minimum absolute atomic E-state index is 0.128. The number of hydrogen-bond donors (Lipinski definition) is 1. The number of carbonyl (C=O) groups is 1. The Morgan fingerprint density at radius 1 is 1.39 bits per heavy atom. The van der Waals surface area contributed by atoms with Crippen molar-refractivity contribution in [1.29, 1.82) is 0 Å². The van der Waals surface area contributed by atoms with Crippen LogP contribution in [0.2, 0.25) is 0 Å². The van der Waals surface area contributed by atoms with Crippen LogP contribution in [0.1, 0.15) is 20.8 Å². The molecule has 0 unspecified atom stereocenters. The molecule has 0 aromatic heterocycles. The Balaban J connectivity index is 3.00. The number of carbonyl (C=O) groups excluding carboxylic acids is 1. The van der Waals surface area contributed by atoms with Crippen LogP contribution in [0.5, 0.6) is 0 Å². The fourth-order valence-electron chi connectivity index (χ4n) is 1.20. The van der Waals surface area contributed by atoms with E-state index in [0.717, 1.165) is 0 Å². The molecule has 0 fully saturated rings. The van der Waals surface area contributed by atoms with Crippen molar-refractivity contribution in [2.45, 2.75) is 26.4 Å². The smallest absolute Gasteiger partial charge is 0.439 e. The van der Waals surface area contributed by atoms with Crippen molar-refractivity contribution in [3.8, 4) is 0 Å². The number of nitrogens with zero attached hydrogens (tertiary/aromatic N) is 2. The number of anilines is 1. The molecule has 7 heteroatoms. The lowest BCUT2D eigenvalue weighted by Gasteiger charge is -2.23. The van der Waals surface area contributed by atoms with Gasteiger partial charge in [0.25, 0.3) is 5.69 Å². The standard InChI is InChI=1S/C11H14N2O5/c1-11(2,3)18-10(14)12(15)8-6-4-5-7-9(8)13(16)17/h4-7,15H,1-3H3. The average molecular weight is 254 g/mol. The zero-order chi connectivity index (χ0) is 13.9. The Kier molecular flexibility index (Phi) is 3.87. The number of nitro benzene ring substituents is 1. The SMILES string of the molecule is CC(C)(C)OC(=O)N(O)c1ccccc1[N+](=O)[O-]. The predicted molar refractivity (Wildman–Crippen MR) is 63.6 cm³/mol. The lowest BCUT2D eigenvalue weighted by atomic mass is 10.2. The maximum atomic E-state index is 11.6. The van der Waals surface area contributed by atoms with Crippen LogP contribution >= 0.6 is 0 Å². The van der Waals surface area contributed by atoms with Gasteiger partial charge in [0.15, 0.2) is 5.69 Å². The lowest BCUT2D eigenvalue weighted by molar-refractivity contribution is -0.384. The highest BCUT2D eigenvalue weighted by Gasteiger charge is 2.27. The van der Waals surface area contributed by atoms with Crippen molar-refractivity contribution in [2.75, 3.05) is 5.06 Å². The predicted octanol–water partition coefficient (Wildman–Crippen LogP) is 2.73. The zero-order valence-corrected chi connectivity index (χ0v) is 10.3. The summed E-state index contributed by atoms with van der Waals surface area (Å²) in [6.07, 6.45) is -1.07. The molecule has 0 radical (unpaired) electrons. The quantitative estimate of drug-likeness (QED) is 0.497. The molecule has 0 saturated heterocycles. The molecule has 0 aliphatic carbocycles. The van der Waals surface area contributed by atoms with Gasteiger partial charge >= 0.3 is 6.09 Å². The number of nitro groups is 1. The first-order valence-corrected chi connectivity index (χ1v) is 5.18. The second kappa shape index (κ2) is 5.01. The van der Waals surface area contributed by atoms with Crippen LogP contribution in [-0.4, -0.2) is 21.8 Å². The number of hydrogen-bond acceptors (Lipinski definition) is 5. The fraction of sp³-hybridized carbons (Fsp3) is 0.364. The van der Waals surface area contributed by atoms with E-state index in [4.69, 9.17) is 4.74 Å². The molecule has 7 nitrogen and oxygen atoms in total. The number of ether oxygens (including phenoxy) is 1. The summed E-state index contributed by atoms with van der Waals surface area (Å²) in [4.78, 5) is 21.6. The van der Waals surface area contributed by atoms with Gasteiger partial charge in [-0.1, -0.05) is 12.1 Å². The minimum Gasteiger partial charge on any atom is -0.442 e. The van der Waals surface area contributed by atoms with Crippen molar-refractivity contribution in [3.63, 3.8) is 0 Å². The minimum atomic E-state index is -1.07. The first-order valence-electron chi connectivity index (χ1n) is 5.18. The number of para-hydroxylation sites is 2. The van der Waals surface area contributed by atoms with Gasteiger partial charge in [-0.15, -0.1) is 5.06 Å². The third kappa shape index (κ3) is 3.42. The van der Waals surface area contributed by atoms with Gasteiger partial charge in [0.2, 0.25) is 0 Å². The summed E-state index contributed by atoms with van der Waals surface area (Å²) < 4.78 is 4.90. The van der Waals surface area contributed by atoms with Gasteiger partial charge in [-0.05, 0) is 26.8 Å². The molecule has 1 aromatic rings. The van der Waals surface area contributed by atoms with Gasteiger partial charge < -0.3 is 4.74 Å². The molecule has 98 valence electrons. The zero-order valence-electron chi connectivity index (χ0n) is 10.3. The van der Waals surface area contributed by atoms with Crippen molar-refractivity contribution in [1.82, 2.24) is 0 Å². The highest BCUT2D eigenvalue weighted by Crippen LogP contribution is 2.27. The summed E-state index contributed by atoms with van der Waals surface area (Å²) in [5.41, 5.74) is -1.43. The molecular formula is C11H14N2O5. The van der Waals surface area contributed by atoms with Crippen LogP contribution in [0.3, 0.4) is 0 Å². The van der Waals surface area contributed by atoms with Crippen LogP contribution in [0.15, 0.2) is 24.3 Å². The van der Waals surface area contributed by atoms with Crippen molar-refractivity contribution in [2.24, 2.45) is 0 Å². The Morgan fingerprint density at radius 2 is 1.94 bits per heavy atom. The Morgan fingerprint density at radius 3 is 2.44 bits per heavy atom. The molecule has 0 spiro atoms. The summed E-state index contributed by atoms with van der Waals surface area (Å²) in [7, 11) is 0. The second-order valence-electron chi connectivity index (χ2n) is 4.54. The van der Waals surface area contributed by atoms with Gasteiger partial charge in [-0.2, -0.15) is 0 Å². The Bertz CT molecular complexity index is 467. The van der Waals surface area contributed by atoms with E-state index in [1.165, 1.54) is 24.3 Å². The van der Waals surface area contributed by atoms with Crippen LogP contribution in [0.25, 0.3) is 0 Å². The third-order valence-electron chi connectivity index (χ3n) is 1.87. The Labute approximate surface area is 104 Å². The first kappa shape index (κ1) is 13.9. The summed E-state index contributed by atoms with van der Waals surface area (Å²) in [5.74, 6) is 0. The number of hydroxylamine groups is 1. The normalized spacial score (nSPS) is 10.9. The third-order valence-corrected chi connectivity index (χ3v) is 1.87. The highest BCUT2D eigenvalue weighted by atomic mass is 16.6. The molecule has 18 heavy (non-hydrogen) atoms. The Hall–Kier alpha value is -2.15. The molecule has 0 bridgehead atoms. The molecule has 1 N–H and O–H groups in total. The number of rotatable bonds is 2. The molecule has 1 aromatic carbocycles. The monoisotopic (exact) mass is 254 g/mol. The molecule has 0 atom stereocenters. The van der Waals surface area contributed by atoms with Crippen LogP contribution in [0, 0.1) is 10.1 Å². The lowest BCUT2D eigenvalue weighted by Crippen LogP contribution is -2.34. The van der Waals surface area contributed by atoms with Gasteiger partial charge in [-0.3, -0.25) is 15.3 Å². The summed E-state index contributed by atoms with van der Waals surface area (Å²) in [6.45, 7) is 4.87. The van der Waals surface area contributed by atoms with Gasteiger partial charge in [0.1, 0.15) is 5.60 Å². The van der Waals surface area contributed by atoms with E-state index < -0.39 is 16.6 Å². The van der Waals surface area contributed by atoms with E-state index in [-0.39, 0.29) is 16.4 Å². The van der Waals surface area contributed by atoms with E-state index in [2.05, 4.69) is 0 Å². The molecule has 0 aliphatic rings. The summed E-state index contributed by atoms with van der Waals surface area (Å²) >= 11 is 0. The van der Waals surface area contributed by atoms with Crippen molar-refractivity contribution >= 4 is 17.5 Å². The van der Waals surface area contributed by atoms with Gasteiger partial charge in [0, 0.05) is 6.07 Å². The van der Waals surface area contributed by atoms with Crippen LogP contribution < -0.4 is 5.06 Å². The van der Waals surface area contributed by atoms with E-state index >= 15 is 0 Å². The van der Waals surface area contributed by atoms with Gasteiger partial charge in [-0.25, -0.2) is 4.79 Å². The molecule has 0 heterocycles. The van der Waals surface area contributed by atoms with E-state index in [1.54, 1.807) is 20.8 Å². The maximum Gasteiger partial charge on any atom is 0.439 e. The average Bonchev–Trinajstić information content (AvgIpc) is 2.25. The van der Waals surface area contributed by atoms with Gasteiger partial charge in [0.05, 0.1) is 4.92 Å². The molecular weight excluding hydrogens is 240 g/mol. The van der Waals surface area contributed by atoms with Crippen LogP contribution in [-0.2, 0) is 4.74 Å². The topological polar surface area (TPSA) is 92.9 Å². The second-order valence-corrected chi connectivity index (χ2v) is 4.54. The molecule has 1 amide bonds. The first-order chi connectivity index (χ1) is 8.22. The largest absolute Gasteiger partial charge is 0.442 e. The van der Waals surface area contributed by atoms with Crippen molar-refractivity contribution < 1.29 is 19.7 Å². The molecule has 1 rings (SSSR count). The molecule has 0 saturated carbocycles. The summed E-state index contributed by atoms with van der Waals surface area (Å²) in [5, 5.41) is 20.5.